The number of hydrogen-bond donors (Lipinski definition) is 1. The molecule has 0 fully saturated rings. The van der Waals surface area contributed by atoms with Crippen LogP contribution >= 0.6 is 0 Å². The van der Waals surface area contributed by atoms with Crippen LogP contribution in [0.2, 0.25) is 0 Å². The van der Waals surface area contributed by atoms with E-state index in [-0.39, 0.29) is 29.1 Å². The van der Waals surface area contributed by atoms with Gasteiger partial charge >= 0.3 is 6.18 Å². The minimum Gasteiger partial charge on any atom is -0.482 e. The van der Waals surface area contributed by atoms with Crippen molar-refractivity contribution in [2.45, 2.75) is 6.18 Å². The van der Waals surface area contributed by atoms with Gasteiger partial charge in [0.05, 0.1) is 11.4 Å². The quantitative estimate of drug-likeness (QED) is 0.665. The van der Waals surface area contributed by atoms with Crippen molar-refractivity contribution in [3.8, 4) is 28.1 Å². The summed E-state index contributed by atoms with van der Waals surface area (Å²) < 4.78 is 60.7. The molecular weight excluding hydrogens is 378 g/mol. The predicted octanol–water partition coefficient (Wildman–Crippen LogP) is 4.24. The summed E-state index contributed by atoms with van der Waals surface area (Å²) in [5.41, 5.74) is -0.211. The first-order chi connectivity index (χ1) is 13.2. The summed E-state index contributed by atoms with van der Waals surface area (Å²) in [5.74, 6) is -0.535. The number of ether oxygens (including phenoxy) is 1. The number of halogens is 4. The molecule has 0 aliphatic carbocycles. The van der Waals surface area contributed by atoms with Gasteiger partial charge in [0.15, 0.2) is 12.3 Å². The van der Waals surface area contributed by atoms with Gasteiger partial charge in [0.2, 0.25) is 0 Å². The summed E-state index contributed by atoms with van der Waals surface area (Å²) in [7, 11) is 1.39. The Balaban J connectivity index is 1.96. The van der Waals surface area contributed by atoms with E-state index in [9.17, 15) is 22.4 Å². The maximum atomic E-state index is 13.7. The predicted molar refractivity (Wildman–Crippen MR) is 93.2 cm³/mol. The molecule has 1 N–H and O–H groups in total. The zero-order valence-corrected chi connectivity index (χ0v) is 14.5. The van der Waals surface area contributed by atoms with E-state index in [1.807, 2.05) is 0 Å². The molecule has 0 bridgehead atoms. The number of hydrogen-bond acceptors (Lipinski definition) is 3. The van der Waals surface area contributed by atoms with Crippen LogP contribution in [0.3, 0.4) is 0 Å². The van der Waals surface area contributed by atoms with Crippen LogP contribution in [0.25, 0.3) is 22.4 Å². The summed E-state index contributed by atoms with van der Waals surface area (Å²) >= 11 is 0. The van der Waals surface area contributed by atoms with Gasteiger partial charge in [-0.15, -0.1) is 0 Å². The van der Waals surface area contributed by atoms with Crippen LogP contribution in [0.1, 0.15) is 5.69 Å². The maximum absolute atomic E-state index is 13.7. The minimum atomic E-state index is -4.71. The third-order valence-electron chi connectivity index (χ3n) is 4.33. The van der Waals surface area contributed by atoms with E-state index in [0.29, 0.717) is 11.3 Å². The van der Waals surface area contributed by atoms with Gasteiger partial charge in [0, 0.05) is 18.2 Å². The Morgan fingerprint density at radius 2 is 1.79 bits per heavy atom. The molecule has 0 radical (unpaired) electrons. The molecule has 2 heterocycles. The monoisotopic (exact) mass is 391 g/mol. The summed E-state index contributed by atoms with van der Waals surface area (Å²) in [6.45, 7) is -0.159. The fourth-order valence-corrected chi connectivity index (χ4v) is 3.17. The highest BCUT2D eigenvalue weighted by Gasteiger charge is 2.39. The Hall–Kier alpha value is -3.36. The molecule has 1 aromatic heterocycles. The normalized spacial score (nSPS) is 13.7. The highest BCUT2D eigenvalue weighted by molar-refractivity contribution is 5.97. The van der Waals surface area contributed by atoms with Crippen molar-refractivity contribution < 1.29 is 27.1 Å². The van der Waals surface area contributed by atoms with Crippen LogP contribution in [-0.2, 0) is 18.0 Å². The van der Waals surface area contributed by atoms with Crippen LogP contribution in [-0.4, -0.2) is 22.3 Å². The lowest BCUT2D eigenvalue weighted by molar-refractivity contribution is -0.141. The van der Waals surface area contributed by atoms with Crippen LogP contribution in [0.4, 0.5) is 23.2 Å². The molecule has 5 nitrogen and oxygen atoms in total. The lowest BCUT2D eigenvalue weighted by Crippen LogP contribution is -2.25. The molecule has 1 aliphatic heterocycles. The average Bonchev–Trinajstić information content (AvgIpc) is 2.99. The van der Waals surface area contributed by atoms with Gasteiger partial charge in [-0.2, -0.15) is 18.3 Å². The number of alkyl halides is 3. The molecule has 144 valence electrons. The molecule has 0 unspecified atom stereocenters. The second-order valence-corrected chi connectivity index (χ2v) is 6.25. The van der Waals surface area contributed by atoms with E-state index in [1.54, 1.807) is 0 Å². The van der Waals surface area contributed by atoms with Crippen LogP contribution in [0.15, 0.2) is 42.5 Å². The van der Waals surface area contributed by atoms with Crippen LogP contribution in [0.5, 0.6) is 5.75 Å². The van der Waals surface area contributed by atoms with E-state index in [4.69, 9.17) is 4.74 Å². The van der Waals surface area contributed by atoms with Gasteiger partial charge in [-0.05, 0) is 42.0 Å². The first kappa shape index (κ1) is 18.0. The summed E-state index contributed by atoms with van der Waals surface area (Å²) in [6.07, 6.45) is -4.71. The summed E-state index contributed by atoms with van der Waals surface area (Å²) in [6, 6.07) is 9.48. The topological polar surface area (TPSA) is 56.2 Å². The molecule has 1 amide bonds. The van der Waals surface area contributed by atoms with E-state index < -0.39 is 23.6 Å². The number of carbonyl (C=O) groups excluding carboxylic acids is 1. The third kappa shape index (κ3) is 3.08. The molecule has 3 aromatic rings. The van der Waals surface area contributed by atoms with Crippen molar-refractivity contribution >= 4 is 11.6 Å². The lowest BCUT2D eigenvalue weighted by Gasteiger charge is -2.19. The molecule has 2 aromatic carbocycles. The molecule has 0 atom stereocenters. The third-order valence-corrected chi connectivity index (χ3v) is 4.33. The van der Waals surface area contributed by atoms with Crippen LogP contribution in [0, 0.1) is 5.82 Å². The van der Waals surface area contributed by atoms with E-state index >= 15 is 0 Å². The Morgan fingerprint density at radius 3 is 2.46 bits per heavy atom. The second-order valence-electron chi connectivity index (χ2n) is 6.25. The Labute approximate surface area is 156 Å². The van der Waals surface area contributed by atoms with Crippen LogP contribution < -0.4 is 10.1 Å². The lowest BCUT2D eigenvalue weighted by atomic mass is 9.97. The Bertz CT molecular complexity index is 1070. The van der Waals surface area contributed by atoms with Gasteiger partial charge in [-0.25, -0.2) is 4.39 Å². The standard InChI is InChI=1S/C19H13F4N3O2/c1-26-17(10-2-5-12(20)6-3-10)16(18(25-26)19(21,22)23)11-4-7-14-13(8-11)24-15(27)9-28-14/h2-8H,9H2,1H3,(H,24,27). The number of nitrogens with one attached hydrogen (secondary N) is 1. The maximum Gasteiger partial charge on any atom is 0.435 e. The molecule has 0 saturated heterocycles. The fraction of sp³-hybridized carbons (Fsp3) is 0.158. The van der Waals surface area contributed by atoms with Gasteiger partial charge in [-0.3, -0.25) is 9.48 Å². The SMILES string of the molecule is Cn1nc(C(F)(F)F)c(-c2ccc3c(c2)NC(=O)CO3)c1-c1ccc(F)cc1. The van der Waals surface area contributed by atoms with Gasteiger partial charge in [0.1, 0.15) is 11.6 Å². The number of carbonyl (C=O) groups is 1. The first-order valence-electron chi connectivity index (χ1n) is 8.21. The molecule has 28 heavy (non-hydrogen) atoms. The summed E-state index contributed by atoms with van der Waals surface area (Å²) in [5, 5.41) is 6.24. The number of nitrogens with zero attached hydrogens (tertiary/aromatic N) is 2. The second kappa shape index (κ2) is 6.36. The smallest absolute Gasteiger partial charge is 0.435 e. The van der Waals surface area contributed by atoms with Crippen molar-refractivity contribution in [2.24, 2.45) is 7.05 Å². The number of benzene rings is 2. The Kier molecular flexibility index (Phi) is 4.10. The number of aromatic nitrogens is 2. The molecule has 4 rings (SSSR count). The Morgan fingerprint density at radius 1 is 1.11 bits per heavy atom. The van der Waals surface area contributed by atoms with E-state index in [0.717, 1.165) is 4.68 Å². The van der Waals surface area contributed by atoms with Gasteiger partial charge in [0.25, 0.3) is 5.91 Å². The highest BCUT2D eigenvalue weighted by Crippen LogP contribution is 2.44. The number of fused-ring (bicyclic) bond motifs is 1. The van der Waals surface area contributed by atoms with Gasteiger partial charge in [-0.1, -0.05) is 6.07 Å². The zero-order valence-electron chi connectivity index (χ0n) is 14.5. The number of anilines is 1. The number of aryl methyl sites for hydroxylation is 1. The zero-order chi connectivity index (χ0) is 20.1. The van der Waals surface area contributed by atoms with E-state index in [1.165, 1.54) is 49.5 Å². The molecule has 0 spiro atoms. The highest BCUT2D eigenvalue weighted by atomic mass is 19.4. The van der Waals surface area contributed by atoms with Crippen molar-refractivity contribution in [1.82, 2.24) is 9.78 Å². The summed E-state index contributed by atoms with van der Waals surface area (Å²) in [4.78, 5) is 11.6. The van der Waals surface area contributed by atoms with Crippen molar-refractivity contribution in [3.63, 3.8) is 0 Å². The minimum absolute atomic E-state index is 0.159. The first-order valence-corrected chi connectivity index (χ1v) is 8.21. The van der Waals surface area contributed by atoms with Crippen molar-refractivity contribution in [1.29, 1.82) is 0 Å². The van der Waals surface area contributed by atoms with Crippen molar-refractivity contribution in [2.75, 3.05) is 11.9 Å². The average molecular weight is 391 g/mol. The van der Waals surface area contributed by atoms with Gasteiger partial charge < -0.3 is 10.1 Å². The molecule has 9 heteroatoms. The molecular formula is C19H13F4N3O2. The number of amides is 1. The molecule has 1 aliphatic rings. The number of rotatable bonds is 2. The fourth-order valence-electron chi connectivity index (χ4n) is 3.17. The molecule has 0 saturated carbocycles. The van der Waals surface area contributed by atoms with E-state index in [2.05, 4.69) is 10.4 Å². The van der Waals surface area contributed by atoms with Crippen molar-refractivity contribution in [3.05, 3.63) is 54.0 Å². The largest absolute Gasteiger partial charge is 0.482 e.